The number of nitrogens with zero attached hydrogens (tertiary/aromatic N) is 4. The lowest BCUT2D eigenvalue weighted by molar-refractivity contribution is -0.118. The van der Waals surface area contributed by atoms with Crippen LogP contribution < -0.4 is 10.3 Å². The number of carbonyl (C=O) groups is 2. The molecule has 8 heteroatoms. The average molecular weight is 343 g/mol. The maximum Gasteiger partial charge on any atom is 0.273 e. The van der Waals surface area contributed by atoms with Gasteiger partial charge < -0.3 is 0 Å². The normalized spacial score (nSPS) is 14.5. The number of hydrogen-bond donors (Lipinski definition) is 1. The third kappa shape index (κ3) is 3.65. The molecule has 2 amide bonds. The van der Waals surface area contributed by atoms with Crippen LogP contribution in [0, 0.1) is 0 Å². The summed E-state index contributed by atoms with van der Waals surface area (Å²) in [6.07, 6.45) is 2.38. The largest absolute Gasteiger partial charge is 0.295 e. The fourth-order valence-corrected chi connectivity index (χ4v) is 3.11. The molecule has 0 aliphatic carbocycles. The fourth-order valence-electron chi connectivity index (χ4n) is 2.28. The van der Waals surface area contributed by atoms with Gasteiger partial charge in [0.25, 0.3) is 5.91 Å². The second kappa shape index (κ2) is 7.31. The van der Waals surface area contributed by atoms with Crippen LogP contribution >= 0.6 is 11.3 Å². The number of anilines is 2. The van der Waals surface area contributed by atoms with Crippen LogP contribution in [0.15, 0.2) is 35.4 Å². The molecule has 24 heavy (non-hydrogen) atoms. The summed E-state index contributed by atoms with van der Waals surface area (Å²) in [6, 6.07) is 9.07. The van der Waals surface area contributed by atoms with Crippen molar-refractivity contribution >= 4 is 39.7 Å². The van der Waals surface area contributed by atoms with Crippen LogP contribution in [0.5, 0.6) is 0 Å². The van der Waals surface area contributed by atoms with E-state index in [9.17, 15) is 9.59 Å². The van der Waals surface area contributed by atoms with Crippen molar-refractivity contribution in [3.63, 3.8) is 0 Å². The first kappa shape index (κ1) is 16.3. The minimum Gasteiger partial charge on any atom is -0.295 e. The number of carbonyl (C=O) groups excluding carboxylic acids is 2. The van der Waals surface area contributed by atoms with Crippen LogP contribution in [0.1, 0.15) is 31.2 Å². The summed E-state index contributed by atoms with van der Waals surface area (Å²) in [7, 11) is 0. The topological polar surface area (TPSA) is 87.6 Å². The molecule has 2 heterocycles. The molecular formula is C16H17N5O2S. The maximum absolute atomic E-state index is 12.4. The Hall–Kier alpha value is -2.61. The molecule has 1 aliphatic rings. The van der Waals surface area contributed by atoms with Gasteiger partial charge in [-0.15, -0.1) is 10.2 Å². The zero-order valence-corrected chi connectivity index (χ0v) is 14.0. The van der Waals surface area contributed by atoms with Crippen molar-refractivity contribution < 1.29 is 9.59 Å². The first-order valence-electron chi connectivity index (χ1n) is 7.76. The molecule has 124 valence electrons. The van der Waals surface area contributed by atoms with Crippen LogP contribution in [-0.4, -0.2) is 27.7 Å². The molecule has 0 saturated carbocycles. The lowest BCUT2D eigenvalue weighted by atomic mass is 10.1. The van der Waals surface area contributed by atoms with Gasteiger partial charge in [0.15, 0.2) is 0 Å². The van der Waals surface area contributed by atoms with Crippen molar-refractivity contribution in [2.45, 2.75) is 32.6 Å². The molecule has 1 aromatic carbocycles. The van der Waals surface area contributed by atoms with Gasteiger partial charge >= 0.3 is 0 Å². The van der Waals surface area contributed by atoms with Crippen LogP contribution in [0.25, 0.3) is 0 Å². The smallest absolute Gasteiger partial charge is 0.273 e. The van der Waals surface area contributed by atoms with Gasteiger partial charge in [-0.1, -0.05) is 36.5 Å². The summed E-state index contributed by atoms with van der Waals surface area (Å²) >= 11 is 1.36. The molecular weight excluding hydrogens is 326 g/mol. The highest BCUT2D eigenvalue weighted by Gasteiger charge is 2.26. The number of benzene rings is 1. The van der Waals surface area contributed by atoms with Gasteiger partial charge in [0.2, 0.25) is 11.0 Å². The Balaban J connectivity index is 1.75. The standard InChI is InChI=1S/C16H17N5O2S/c1-2-6-13-18-19-16(24-13)17-15(23)12-9-10-14(22)21(20-12)11-7-4-3-5-8-11/h3-5,7-8H,2,6,9-10H2,1H3,(H,17,19,23). The van der Waals surface area contributed by atoms with E-state index in [1.54, 1.807) is 12.1 Å². The number of amides is 2. The van der Waals surface area contributed by atoms with Crippen LogP contribution in [0.2, 0.25) is 0 Å². The third-order valence-corrected chi connectivity index (χ3v) is 4.35. The number of hydrogen-bond acceptors (Lipinski definition) is 6. The molecule has 3 rings (SSSR count). The second-order valence-electron chi connectivity index (χ2n) is 5.29. The molecule has 2 aromatic rings. The highest BCUT2D eigenvalue weighted by atomic mass is 32.1. The van der Waals surface area contributed by atoms with E-state index in [-0.39, 0.29) is 18.2 Å². The number of aromatic nitrogens is 2. The van der Waals surface area contributed by atoms with Gasteiger partial charge in [0.1, 0.15) is 10.7 Å². The Bertz CT molecular complexity index is 772. The predicted molar refractivity (Wildman–Crippen MR) is 93.1 cm³/mol. The van der Waals surface area contributed by atoms with Gasteiger partial charge in [0.05, 0.1) is 5.69 Å². The molecule has 1 aliphatic heterocycles. The molecule has 0 bridgehead atoms. The van der Waals surface area contributed by atoms with E-state index in [1.807, 2.05) is 18.2 Å². The minimum absolute atomic E-state index is 0.126. The van der Waals surface area contributed by atoms with Gasteiger partial charge in [-0.05, 0) is 18.6 Å². The van der Waals surface area contributed by atoms with Gasteiger partial charge in [-0.3, -0.25) is 14.9 Å². The highest BCUT2D eigenvalue weighted by Crippen LogP contribution is 2.21. The Kier molecular flexibility index (Phi) is 4.95. The van der Waals surface area contributed by atoms with Gasteiger partial charge in [0, 0.05) is 19.3 Å². The van der Waals surface area contributed by atoms with Gasteiger partial charge in [-0.2, -0.15) is 5.10 Å². The van der Waals surface area contributed by atoms with Crippen molar-refractivity contribution in [1.82, 2.24) is 10.2 Å². The lowest BCUT2D eigenvalue weighted by Crippen LogP contribution is -2.36. The van der Waals surface area contributed by atoms with Crippen molar-refractivity contribution in [3.05, 3.63) is 35.3 Å². The Labute approximate surface area is 143 Å². The third-order valence-electron chi connectivity index (χ3n) is 3.45. The van der Waals surface area contributed by atoms with Crippen molar-refractivity contribution in [2.24, 2.45) is 5.10 Å². The highest BCUT2D eigenvalue weighted by molar-refractivity contribution is 7.15. The van der Waals surface area contributed by atoms with E-state index < -0.39 is 0 Å². The fraction of sp³-hybridized carbons (Fsp3) is 0.312. The zero-order chi connectivity index (χ0) is 16.9. The molecule has 1 aromatic heterocycles. The van der Waals surface area contributed by atoms with E-state index in [0.29, 0.717) is 23.0 Å². The van der Waals surface area contributed by atoms with E-state index in [4.69, 9.17) is 0 Å². The molecule has 7 nitrogen and oxygen atoms in total. The number of aryl methyl sites for hydroxylation is 1. The summed E-state index contributed by atoms with van der Waals surface area (Å²) in [5.74, 6) is -0.471. The predicted octanol–water partition coefficient (Wildman–Crippen LogP) is 2.61. The molecule has 0 radical (unpaired) electrons. The quantitative estimate of drug-likeness (QED) is 0.904. The molecule has 1 N–H and O–H groups in total. The zero-order valence-electron chi connectivity index (χ0n) is 13.2. The van der Waals surface area contributed by atoms with Gasteiger partial charge in [-0.25, -0.2) is 5.01 Å². The van der Waals surface area contributed by atoms with Crippen molar-refractivity contribution in [2.75, 3.05) is 10.3 Å². The number of rotatable bonds is 5. The second-order valence-corrected chi connectivity index (χ2v) is 6.35. The van der Waals surface area contributed by atoms with Crippen LogP contribution in [-0.2, 0) is 16.0 Å². The molecule has 0 spiro atoms. The van der Waals surface area contributed by atoms with E-state index in [1.165, 1.54) is 16.3 Å². The lowest BCUT2D eigenvalue weighted by Gasteiger charge is -2.22. The van der Waals surface area contributed by atoms with E-state index in [2.05, 4.69) is 27.5 Å². The SMILES string of the molecule is CCCc1nnc(NC(=O)C2=NN(c3ccccc3)C(=O)CC2)s1. The Morgan fingerprint density at radius 2 is 2.04 bits per heavy atom. The van der Waals surface area contributed by atoms with Crippen LogP contribution in [0.4, 0.5) is 10.8 Å². The Morgan fingerprint density at radius 3 is 2.79 bits per heavy atom. The molecule has 0 saturated heterocycles. The Morgan fingerprint density at radius 1 is 1.25 bits per heavy atom. The molecule has 0 atom stereocenters. The maximum atomic E-state index is 12.4. The molecule has 0 unspecified atom stereocenters. The van der Waals surface area contributed by atoms with E-state index >= 15 is 0 Å². The minimum atomic E-state index is -0.345. The first-order valence-corrected chi connectivity index (χ1v) is 8.58. The number of para-hydroxylation sites is 1. The van der Waals surface area contributed by atoms with Crippen molar-refractivity contribution in [3.8, 4) is 0 Å². The molecule has 0 fully saturated rings. The first-order chi connectivity index (χ1) is 11.7. The van der Waals surface area contributed by atoms with Crippen LogP contribution in [0.3, 0.4) is 0 Å². The monoisotopic (exact) mass is 343 g/mol. The summed E-state index contributed by atoms with van der Waals surface area (Å²) in [5, 5.41) is 17.5. The number of hydrazone groups is 1. The van der Waals surface area contributed by atoms with E-state index in [0.717, 1.165) is 17.8 Å². The van der Waals surface area contributed by atoms with Crippen molar-refractivity contribution in [1.29, 1.82) is 0 Å². The summed E-state index contributed by atoms with van der Waals surface area (Å²) in [4.78, 5) is 24.4. The summed E-state index contributed by atoms with van der Waals surface area (Å²) < 4.78 is 0. The summed E-state index contributed by atoms with van der Waals surface area (Å²) in [6.45, 7) is 2.06. The number of nitrogens with one attached hydrogen (secondary N) is 1. The average Bonchev–Trinajstić information content (AvgIpc) is 3.03. The summed E-state index contributed by atoms with van der Waals surface area (Å²) in [5.41, 5.74) is 0.958.